The number of halogens is 1. The molecular formula is C16H18ClN5O2. The second kappa shape index (κ2) is 6.49. The fourth-order valence-corrected chi connectivity index (χ4v) is 3.06. The fraction of sp³-hybridized carbons (Fsp3) is 0.500. The van der Waals surface area contributed by atoms with Gasteiger partial charge in [-0.1, -0.05) is 16.8 Å². The van der Waals surface area contributed by atoms with E-state index in [1.54, 1.807) is 6.20 Å². The van der Waals surface area contributed by atoms with Crippen LogP contribution in [0.1, 0.15) is 53.9 Å². The molecule has 1 unspecified atom stereocenters. The Morgan fingerprint density at radius 1 is 1.38 bits per heavy atom. The number of pyridine rings is 1. The van der Waals surface area contributed by atoms with Crippen molar-refractivity contribution >= 4 is 17.5 Å². The molecule has 1 aliphatic carbocycles. The van der Waals surface area contributed by atoms with Crippen LogP contribution in [0.25, 0.3) is 0 Å². The largest absolute Gasteiger partial charge is 0.346 e. The highest BCUT2D eigenvalue weighted by Crippen LogP contribution is 2.32. The maximum absolute atomic E-state index is 12.0. The summed E-state index contributed by atoms with van der Waals surface area (Å²) < 4.78 is 5.35. The minimum Gasteiger partial charge on any atom is -0.346 e. The highest BCUT2D eigenvalue weighted by molar-refractivity contribution is 6.30. The number of aromatic nitrogens is 3. The van der Waals surface area contributed by atoms with E-state index in [0.29, 0.717) is 17.5 Å². The molecule has 1 N–H and O–H groups in total. The van der Waals surface area contributed by atoms with E-state index in [4.69, 9.17) is 16.1 Å². The van der Waals surface area contributed by atoms with Crippen molar-refractivity contribution in [3.8, 4) is 0 Å². The lowest BCUT2D eigenvalue weighted by Crippen LogP contribution is -2.27. The molecule has 1 aliphatic heterocycles. The van der Waals surface area contributed by atoms with Crippen molar-refractivity contribution in [3.05, 3.63) is 40.8 Å². The van der Waals surface area contributed by atoms with Crippen LogP contribution in [0, 0.1) is 0 Å². The Morgan fingerprint density at radius 2 is 2.25 bits per heavy atom. The minimum absolute atomic E-state index is 0.0254. The zero-order valence-electron chi connectivity index (χ0n) is 13.1. The molecule has 1 saturated heterocycles. The first-order valence-corrected chi connectivity index (χ1v) is 8.56. The quantitative estimate of drug-likeness (QED) is 0.893. The summed E-state index contributed by atoms with van der Waals surface area (Å²) in [4.78, 5) is 22.9. The SMILES string of the molecule is O=C(NC1CC1)c1noc(C2CCCN2Cc2ccc(Cl)cn2)n1. The molecule has 4 rings (SSSR count). The van der Waals surface area contributed by atoms with Gasteiger partial charge in [0.2, 0.25) is 5.89 Å². The number of likely N-dealkylation sites (tertiary alicyclic amines) is 1. The van der Waals surface area contributed by atoms with E-state index in [0.717, 1.165) is 37.9 Å². The predicted octanol–water partition coefficient (Wildman–Crippen LogP) is 2.35. The number of nitrogens with one attached hydrogen (secondary N) is 1. The first-order chi connectivity index (χ1) is 11.7. The predicted molar refractivity (Wildman–Crippen MR) is 86.4 cm³/mol. The lowest BCUT2D eigenvalue weighted by Gasteiger charge is -2.20. The first kappa shape index (κ1) is 15.5. The third-order valence-corrected chi connectivity index (χ3v) is 4.58. The van der Waals surface area contributed by atoms with Crippen LogP contribution < -0.4 is 5.32 Å². The molecule has 1 saturated carbocycles. The van der Waals surface area contributed by atoms with Gasteiger partial charge in [0.15, 0.2) is 0 Å². The molecular weight excluding hydrogens is 330 g/mol. The van der Waals surface area contributed by atoms with Gasteiger partial charge in [-0.25, -0.2) is 0 Å². The molecule has 7 nitrogen and oxygen atoms in total. The molecule has 2 fully saturated rings. The smallest absolute Gasteiger partial charge is 0.292 e. The monoisotopic (exact) mass is 347 g/mol. The Kier molecular flexibility index (Phi) is 4.20. The second-order valence-corrected chi connectivity index (χ2v) is 6.74. The lowest BCUT2D eigenvalue weighted by atomic mass is 10.2. The van der Waals surface area contributed by atoms with E-state index >= 15 is 0 Å². The highest BCUT2D eigenvalue weighted by Gasteiger charge is 2.32. The molecule has 1 atom stereocenters. The van der Waals surface area contributed by atoms with E-state index in [9.17, 15) is 4.79 Å². The Bertz CT molecular complexity index is 728. The van der Waals surface area contributed by atoms with Crippen LogP contribution in [-0.2, 0) is 6.54 Å². The van der Waals surface area contributed by atoms with Crippen LogP contribution in [0.2, 0.25) is 5.02 Å². The van der Waals surface area contributed by atoms with Gasteiger partial charge in [-0.05, 0) is 44.4 Å². The number of amides is 1. The summed E-state index contributed by atoms with van der Waals surface area (Å²) in [5, 5.41) is 7.33. The van der Waals surface area contributed by atoms with Crippen LogP contribution in [0.3, 0.4) is 0 Å². The summed E-state index contributed by atoms with van der Waals surface area (Å²) in [6.45, 7) is 1.62. The summed E-state index contributed by atoms with van der Waals surface area (Å²) in [5.41, 5.74) is 0.942. The minimum atomic E-state index is -0.253. The van der Waals surface area contributed by atoms with Crippen LogP contribution in [-0.4, -0.2) is 38.5 Å². The molecule has 2 aromatic heterocycles. The molecule has 0 aromatic carbocycles. The standard InChI is InChI=1S/C16H18ClN5O2/c17-10-3-4-12(18-8-10)9-22-7-1-2-13(22)16-20-14(21-24-16)15(23)19-11-5-6-11/h3-4,8,11,13H,1-2,5-7,9H2,(H,19,23). The first-order valence-electron chi connectivity index (χ1n) is 8.18. The third-order valence-electron chi connectivity index (χ3n) is 4.36. The van der Waals surface area contributed by atoms with Crippen molar-refractivity contribution < 1.29 is 9.32 Å². The van der Waals surface area contributed by atoms with Crippen molar-refractivity contribution in [3.63, 3.8) is 0 Å². The fourth-order valence-electron chi connectivity index (χ4n) is 2.94. The number of hydrogen-bond acceptors (Lipinski definition) is 6. The third kappa shape index (κ3) is 3.42. The second-order valence-electron chi connectivity index (χ2n) is 6.30. The Hall–Kier alpha value is -1.99. The molecule has 3 heterocycles. The van der Waals surface area contributed by atoms with Crippen molar-refractivity contribution in [1.82, 2.24) is 25.3 Å². The summed E-state index contributed by atoms with van der Waals surface area (Å²) in [6.07, 6.45) is 5.68. The van der Waals surface area contributed by atoms with Gasteiger partial charge in [-0.3, -0.25) is 14.7 Å². The van der Waals surface area contributed by atoms with E-state index in [1.165, 1.54) is 0 Å². The van der Waals surface area contributed by atoms with Crippen LogP contribution >= 0.6 is 11.6 Å². The molecule has 1 amide bonds. The molecule has 24 heavy (non-hydrogen) atoms. The molecule has 2 aliphatic rings. The van der Waals surface area contributed by atoms with Crippen molar-refractivity contribution in [2.75, 3.05) is 6.54 Å². The van der Waals surface area contributed by atoms with E-state index in [1.807, 2.05) is 12.1 Å². The molecule has 126 valence electrons. The average molecular weight is 348 g/mol. The summed E-state index contributed by atoms with van der Waals surface area (Å²) in [7, 11) is 0. The molecule has 2 aromatic rings. The van der Waals surface area contributed by atoms with Gasteiger partial charge >= 0.3 is 0 Å². The normalized spacial score (nSPS) is 21.1. The van der Waals surface area contributed by atoms with Gasteiger partial charge in [-0.15, -0.1) is 0 Å². The number of carbonyl (C=O) groups is 1. The van der Waals surface area contributed by atoms with Gasteiger partial charge in [-0.2, -0.15) is 4.98 Å². The Morgan fingerprint density at radius 3 is 3.00 bits per heavy atom. The molecule has 0 radical (unpaired) electrons. The van der Waals surface area contributed by atoms with Crippen molar-refractivity contribution in [1.29, 1.82) is 0 Å². The zero-order valence-corrected chi connectivity index (χ0v) is 13.9. The number of carbonyl (C=O) groups excluding carboxylic acids is 1. The molecule has 0 spiro atoms. The van der Waals surface area contributed by atoms with Gasteiger partial charge < -0.3 is 9.84 Å². The Labute approximate surface area is 144 Å². The van der Waals surface area contributed by atoms with Crippen LogP contribution in [0.4, 0.5) is 0 Å². The van der Waals surface area contributed by atoms with Gasteiger partial charge in [0.25, 0.3) is 11.7 Å². The highest BCUT2D eigenvalue weighted by atomic mass is 35.5. The van der Waals surface area contributed by atoms with Gasteiger partial charge in [0.05, 0.1) is 16.8 Å². The summed E-state index contributed by atoms with van der Waals surface area (Å²) >= 11 is 5.88. The number of nitrogens with zero attached hydrogens (tertiary/aromatic N) is 4. The zero-order chi connectivity index (χ0) is 16.5. The van der Waals surface area contributed by atoms with Gasteiger partial charge in [0.1, 0.15) is 0 Å². The van der Waals surface area contributed by atoms with E-state index in [2.05, 4.69) is 25.3 Å². The van der Waals surface area contributed by atoms with Crippen LogP contribution in [0.15, 0.2) is 22.9 Å². The summed E-state index contributed by atoms with van der Waals surface area (Å²) in [6, 6.07) is 4.05. The lowest BCUT2D eigenvalue weighted by molar-refractivity contribution is 0.0937. The number of hydrogen-bond donors (Lipinski definition) is 1. The van der Waals surface area contributed by atoms with Gasteiger partial charge in [0, 0.05) is 18.8 Å². The maximum atomic E-state index is 12.0. The topological polar surface area (TPSA) is 84.2 Å². The average Bonchev–Trinajstić information content (AvgIpc) is 3.08. The Balaban J connectivity index is 1.45. The molecule has 0 bridgehead atoms. The van der Waals surface area contributed by atoms with Crippen molar-refractivity contribution in [2.24, 2.45) is 0 Å². The van der Waals surface area contributed by atoms with E-state index in [-0.39, 0.29) is 23.8 Å². The van der Waals surface area contributed by atoms with E-state index < -0.39 is 0 Å². The molecule has 8 heteroatoms. The maximum Gasteiger partial charge on any atom is 0.292 e. The summed E-state index contributed by atoms with van der Waals surface area (Å²) in [5.74, 6) is 0.368. The van der Waals surface area contributed by atoms with Crippen molar-refractivity contribution in [2.45, 2.75) is 44.3 Å². The number of rotatable bonds is 5. The van der Waals surface area contributed by atoms with Crippen LogP contribution in [0.5, 0.6) is 0 Å².